The Balaban J connectivity index is 1.71. The predicted octanol–water partition coefficient (Wildman–Crippen LogP) is 4.58. The molecule has 2 aromatic heterocycles. The molecule has 1 N–H and O–H groups in total. The van der Waals surface area contributed by atoms with E-state index in [1.165, 1.54) is 11.3 Å². The molecule has 7 nitrogen and oxygen atoms in total. The van der Waals surface area contributed by atoms with E-state index in [9.17, 15) is 9.90 Å². The number of nitrogens with zero attached hydrogens (tertiary/aromatic N) is 2. The molecule has 0 amide bonds. The highest BCUT2D eigenvalue weighted by Gasteiger charge is 2.21. The average molecular weight is 453 g/mol. The molecule has 0 fully saturated rings. The zero-order valence-corrected chi connectivity index (χ0v) is 18.8. The molecule has 8 heteroatoms. The second kappa shape index (κ2) is 8.44. The van der Waals surface area contributed by atoms with Gasteiger partial charge in [0.1, 0.15) is 23.0 Å². The van der Waals surface area contributed by atoms with Gasteiger partial charge in [0.05, 0.1) is 16.6 Å². The highest BCUT2D eigenvalue weighted by atomic mass is 32.1. The molecule has 0 radical (unpaired) electrons. The van der Waals surface area contributed by atoms with Crippen LogP contribution >= 0.6 is 11.3 Å². The molecule has 2 aromatic carbocycles. The summed E-state index contributed by atoms with van der Waals surface area (Å²) in [4.78, 5) is 19.2. The second-order valence-electron chi connectivity index (χ2n) is 7.87. The Morgan fingerprint density at radius 1 is 1.19 bits per heavy atom. The zero-order valence-electron chi connectivity index (χ0n) is 18.0. The number of methoxy groups -OCH3 is 1. The van der Waals surface area contributed by atoms with Gasteiger partial charge in [0, 0.05) is 12.5 Å². The van der Waals surface area contributed by atoms with E-state index < -0.39 is 0 Å². The molecule has 32 heavy (non-hydrogen) atoms. The summed E-state index contributed by atoms with van der Waals surface area (Å²) in [6.45, 7) is 2.88. The lowest BCUT2D eigenvalue weighted by Crippen LogP contribution is -2.26. The number of fused-ring (bicyclic) bond motifs is 4. The van der Waals surface area contributed by atoms with Gasteiger partial charge in [-0.1, -0.05) is 25.5 Å². The molecule has 5 rings (SSSR count). The Hall–Kier alpha value is -3.10. The summed E-state index contributed by atoms with van der Waals surface area (Å²) in [5.74, 6) is 2.10. The third-order valence-electron chi connectivity index (χ3n) is 5.74. The topological polar surface area (TPSA) is 82.8 Å². The second-order valence-corrected chi connectivity index (χ2v) is 8.87. The summed E-state index contributed by atoms with van der Waals surface area (Å²) in [5.41, 5.74) is 1.84. The minimum atomic E-state index is -0.130. The van der Waals surface area contributed by atoms with E-state index in [0.717, 1.165) is 35.8 Å². The lowest BCUT2D eigenvalue weighted by atomic mass is 10.0. The van der Waals surface area contributed by atoms with E-state index in [0.29, 0.717) is 38.8 Å². The van der Waals surface area contributed by atoms with Gasteiger partial charge in [-0.15, -0.1) is 11.3 Å². The van der Waals surface area contributed by atoms with Gasteiger partial charge in [-0.2, -0.15) is 0 Å². The molecule has 0 bridgehead atoms. The van der Waals surface area contributed by atoms with Crippen LogP contribution in [-0.2, 0) is 24.3 Å². The molecule has 0 saturated heterocycles. The van der Waals surface area contributed by atoms with Crippen molar-refractivity contribution in [3.8, 4) is 17.2 Å². The van der Waals surface area contributed by atoms with Crippen LogP contribution in [0.2, 0.25) is 0 Å². The molecule has 3 heterocycles. The van der Waals surface area contributed by atoms with Crippen LogP contribution in [0.4, 0.5) is 0 Å². The third kappa shape index (κ3) is 3.49. The fourth-order valence-electron chi connectivity index (χ4n) is 4.15. The van der Waals surface area contributed by atoms with Crippen molar-refractivity contribution < 1.29 is 19.3 Å². The standard InChI is InChI=1S/C24H24N2O5S/c1-3-4-5-15-7-8-16(27)22-20(15)21-23(32-22)25-19(12-29-2)26(24(21)28)11-14-6-9-17-18(10-14)31-13-30-17/h6-10,27H,3-5,11-13H2,1-2H3. The molecule has 0 unspecified atom stereocenters. The van der Waals surface area contributed by atoms with Crippen molar-refractivity contribution >= 4 is 31.6 Å². The summed E-state index contributed by atoms with van der Waals surface area (Å²) >= 11 is 1.35. The van der Waals surface area contributed by atoms with Gasteiger partial charge >= 0.3 is 0 Å². The molecular weight excluding hydrogens is 428 g/mol. The molecular formula is C24H24N2O5S. The Morgan fingerprint density at radius 2 is 2.03 bits per heavy atom. The Kier molecular flexibility index (Phi) is 5.48. The van der Waals surface area contributed by atoms with E-state index in [1.54, 1.807) is 17.7 Å². The predicted molar refractivity (Wildman–Crippen MR) is 124 cm³/mol. The molecule has 0 aliphatic carbocycles. The molecule has 0 saturated carbocycles. The Bertz CT molecular complexity index is 1370. The maximum Gasteiger partial charge on any atom is 0.263 e. The SMILES string of the molecule is CCCCc1ccc(O)c2sc3nc(COC)n(Cc4ccc5c(c4)OCO5)c(=O)c3c12. The average Bonchev–Trinajstić information content (AvgIpc) is 3.41. The fraction of sp³-hybridized carbons (Fsp3) is 0.333. The highest BCUT2D eigenvalue weighted by molar-refractivity contribution is 7.25. The lowest BCUT2D eigenvalue weighted by Gasteiger charge is -2.13. The van der Waals surface area contributed by atoms with Crippen LogP contribution in [0.5, 0.6) is 17.2 Å². The van der Waals surface area contributed by atoms with E-state index in [-0.39, 0.29) is 24.7 Å². The first-order chi connectivity index (χ1) is 15.6. The number of hydrogen-bond acceptors (Lipinski definition) is 7. The molecule has 166 valence electrons. The molecule has 4 aromatic rings. The first kappa shape index (κ1) is 20.8. The lowest BCUT2D eigenvalue weighted by molar-refractivity contribution is 0.173. The number of aromatic nitrogens is 2. The number of aryl methyl sites for hydroxylation is 1. The smallest absolute Gasteiger partial charge is 0.263 e. The third-order valence-corrected chi connectivity index (χ3v) is 6.84. The van der Waals surface area contributed by atoms with Crippen LogP contribution in [0.25, 0.3) is 20.3 Å². The number of rotatable bonds is 7. The molecule has 1 aliphatic heterocycles. The van der Waals surface area contributed by atoms with Gasteiger partial charge in [0.25, 0.3) is 5.56 Å². The minimum absolute atomic E-state index is 0.130. The van der Waals surface area contributed by atoms with Crippen molar-refractivity contribution in [2.75, 3.05) is 13.9 Å². The summed E-state index contributed by atoms with van der Waals surface area (Å²) in [6, 6.07) is 9.30. The molecule has 1 aliphatic rings. The van der Waals surface area contributed by atoms with Crippen LogP contribution in [0.15, 0.2) is 35.1 Å². The Morgan fingerprint density at radius 3 is 2.84 bits per heavy atom. The summed E-state index contributed by atoms with van der Waals surface area (Å²) in [7, 11) is 1.58. The van der Waals surface area contributed by atoms with E-state index in [4.69, 9.17) is 19.2 Å². The van der Waals surface area contributed by atoms with Crippen molar-refractivity contribution in [2.45, 2.75) is 39.3 Å². The number of hydrogen-bond donors (Lipinski definition) is 1. The summed E-state index contributed by atoms with van der Waals surface area (Å²) in [6.07, 6.45) is 2.91. The van der Waals surface area contributed by atoms with Crippen LogP contribution in [0.1, 0.15) is 36.7 Å². The number of benzene rings is 2. The zero-order chi connectivity index (χ0) is 22.2. The fourth-order valence-corrected chi connectivity index (χ4v) is 5.29. The maximum absolute atomic E-state index is 13.8. The molecule has 0 atom stereocenters. The van der Waals surface area contributed by atoms with Crippen LogP contribution in [0.3, 0.4) is 0 Å². The number of ether oxygens (including phenoxy) is 3. The first-order valence-corrected chi connectivity index (χ1v) is 11.5. The van der Waals surface area contributed by atoms with Gasteiger partial charge in [0.15, 0.2) is 11.5 Å². The summed E-state index contributed by atoms with van der Waals surface area (Å²) < 4.78 is 18.6. The van der Waals surface area contributed by atoms with Gasteiger partial charge < -0.3 is 19.3 Å². The van der Waals surface area contributed by atoms with Gasteiger partial charge in [0.2, 0.25) is 6.79 Å². The minimum Gasteiger partial charge on any atom is -0.506 e. The Labute approximate surface area is 188 Å². The van der Waals surface area contributed by atoms with E-state index >= 15 is 0 Å². The van der Waals surface area contributed by atoms with Gasteiger partial charge in [-0.05, 0) is 42.2 Å². The number of unbranched alkanes of at least 4 members (excludes halogenated alkanes) is 1. The number of thiophene rings is 1. The van der Waals surface area contributed by atoms with E-state index in [1.807, 2.05) is 24.3 Å². The highest BCUT2D eigenvalue weighted by Crippen LogP contribution is 2.39. The van der Waals surface area contributed by atoms with Crippen molar-refractivity contribution in [1.29, 1.82) is 0 Å². The normalized spacial score (nSPS) is 12.8. The van der Waals surface area contributed by atoms with Crippen molar-refractivity contribution in [3.63, 3.8) is 0 Å². The van der Waals surface area contributed by atoms with Crippen LogP contribution in [0, 0.1) is 0 Å². The number of phenolic OH excluding ortho intramolecular Hbond substituents is 1. The summed E-state index contributed by atoms with van der Waals surface area (Å²) in [5, 5.41) is 11.9. The van der Waals surface area contributed by atoms with E-state index in [2.05, 4.69) is 6.92 Å². The van der Waals surface area contributed by atoms with Crippen molar-refractivity contribution in [3.05, 3.63) is 57.6 Å². The monoisotopic (exact) mass is 452 g/mol. The largest absolute Gasteiger partial charge is 0.506 e. The van der Waals surface area contributed by atoms with Gasteiger partial charge in [-0.3, -0.25) is 9.36 Å². The van der Waals surface area contributed by atoms with Gasteiger partial charge in [-0.25, -0.2) is 4.98 Å². The maximum atomic E-state index is 13.8. The number of aromatic hydroxyl groups is 1. The van der Waals surface area contributed by atoms with Crippen LogP contribution in [-0.4, -0.2) is 28.6 Å². The van der Waals surface area contributed by atoms with Crippen molar-refractivity contribution in [1.82, 2.24) is 9.55 Å². The first-order valence-electron chi connectivity index (χ1n) is 10.6. The quantitative estimate of drug-likeness (QED) is 0.442. The van der Waals surface area contributed by atoms with Crippen molar-refractivity contribution in [2.24, 2.45) is 0 Å². The number of phenols is 1. The molecule has 0 spiro atoms. The van der Waals surface area contributed by atoms with Crippen LogP contribution < -0.4 is 15.0 Å².